The second-order valence-corrected chi connectivity index (χ2v) is 5.27. The third kappa shape index (κ3) is 11.3. The van der Waals surface area contributed by atoms with Crippen LogP contribution in [0.15, 0.2) is 0 Å². The molecule has 0 bridgehead atoms. The van der Waals surface area contributed by atoms with E-state index in [0.717, 1.165) is 0 Å². The average Bonchev–Trinajstić information content (AvgIpc) is 2.52. The quantitative estimate of drug-likeness (QED) is 0.0988. The van der Waals surface area contributed by atoms with E-state index < -0.39 is 42.3 Å². The number of amides is 3. The van der Waals surface area contributed by atoms with Crippen molar-refractivity contribution < 1.29 is 24.3 Å². The summed E-state index contributed by atoms with van der Waals surface area (Å²) in [5, 5.41) is 23.0. The molecular formula is C13H25N7O5. The van der Waals surface area contributed by atoms with Crippen molar-refractivity contribution in [3.05, 3.63) is 0 Å². The van der Waals surface area contributed by atoms with Crippen LogP contribution in [-0.4, -0.2) is 59.9 Å². The fourth-order valence-corrected chi connectivity index (χ4v) is 1.76. The summed E-state index contributed by atoms with van der Waals surface area (Å²) in [5.74, 6) is -3.47. The van der Waals surface area contributed by atoms with Crippen molar-refractivity contribution >= 4 is 29.7 Å². The van der Waals surface area contributed by atoms with Crippen LogP contribution in [0.3, 0.4) is 0 Å². The number of carboxylic acids is 1. The zero-order chi connectivity index (χ0) is 19.4. The molecule has 0 unspecified atom stereocenters. The summed E-state index contributed by atoms with van der Waals surface area (Å²) in [6, 6.07) is -2.13. The summed E-state index contributed by atoms with van der Waals surface area (Å²) in [4.78, 5) is 45.1. The number of carbonyl (C=O) groups is 4. The molecule has 0 spiro atoms. The molecule has 0 saturated carbocycles. The molecule has 0 aliphatic heterocycles. The monoisotopic (exact) mass is 359 g/mol. The lowest BCUT2D eigenvalue weighted by atomic mass is 10.1. The summed E-state index contributed by atoms with van der Waals surface area (Å²) in [7, 11) is 0. The summed E-state index contributed by atoms with van der Waals surface area (Å²) in [6.07, 6.45) is 0.467. The number of nitrogens with one attached hydrogen (secondary N) is 4. The molecule has 0 aromatic rings. The van der Waals surface area contributed by atoms with Gasteiger partial charge in [0.1, 0.15) is 6.04 Å². The molecular weight excluding hydrogens is 334 g/mol. The molecule has 12 heteroatoms. The first-order chi connectivity index (χ1) is 11.6. The fourth-order valence-electron chi connectivity index (χ4n) is 1.76. The zero-order valence-electron chi connectivity index (χ0n) is 13.7. The topological polar surface area (TPSA) is 227 Å². The molecule has 0 aliphatic rings. The zero-order valence-corrected chi connectivity index (χ0v) is 13.7. The summed E-state index contributed by atoms with van der Waals surface area (Å²) >= 11 is 0. The van der Waals surface area contributed by atoms with Gasteiger partial charge in [-0.3, -0.25) is 19.8 Å². The van der Waals surface area contributed by atoms with Gasteiger partial charge >= 0.3 is 5.97 Å². The van der Waals surface area contributed by atoms with Crippen LogP contribution in [0.5, 0.6) is 0 Å². The highest BCUT2D eigenvalue weighted by atomic mass is 16.4. The lowest BCUT2D eigenvalue weighted by Crippen LogP contribution is -2.48. The van der Waals surface area contributed by atoms with E-state index in [9.17, 15) is 19.2 Å². The van der Waals surface area contributed by atoms with Crippen molar-refractivity contribution in [1.29, 1.82) is 5.41 Å². The highest BCUT2D eigenvalue weighted by molar-refractivity contribution is 5.89. The van der Waals surface area contributed by atoms with Crippen molar-refractivity contribution in [3.63, 3.8) is 0 Å². The molecule has 0 fully saturated rings. The minimum Gasteiger partial charge on any atom is -0.480 e. The van der Waals surface area contributed by atoms with Crippen LogP contribution in [0.2, 0.25) is 0 Å². The maximum atomic E-state index is 11.7. The van der Waals surface area contributed by atoms with Gasteiger partial charge in [-0.05, 0) is 19.3 Å². The largest absolute Gasteiger partial charge is 0.480 e. The van der Waals surface area contributed by atoms with Gasteiger partial charge in [0.2, 0.25) is 17.7 Å². The van der Waals surface area contributed by atoms with Gasteiger partial charge in [0.15, 0.2) is 5.96 Å². The van der Waals surface area contributed by atoms with Gasteiger partial charge in [-0.1, -0.05) is 0 Å². The van der Waals surface area contributed by atoms with Gasteiger partial charge < -0.3 is 38.3 Å². The fraction of sp³-hybridized carbons (Fsp3) is 0.615. The Balaban J connectivity index is 4.15. The van der Waals surface area contributed by atoms with E-state index in [1.165, 1.54) is 0 Å². The van der Waals surface area contributed by atoms with Crippen molar-refractivity contribution in [3.8, 4) is 0 Å². The summed E-state index contributed by atoms with van der Waals surface area (Å²) in [5.41, 5.74) is 15.7. The molecule has 25 heavy (non-hydrogen) atoms. The van der Waals surface area contributed by atoms with Crippen LogP contribution < -0.4 is 33.2 Å². The molecule has 0 rings (SSSR count). The number of hydrogen-bond donors (Lipinski definition) is 8. The molecule has 12 nitrogen and oxygen atoms in total. The van der Waals surface area contributed by atoms with Gasteiger partial charge in [0, 0.05) is 13.0 Å². The van der Waals surface area contributed by atoms with Gasteiger partial charge in [0.25, 0.3) is 0 Å². The van der Waals surface area contributed by atoms with E-state index in [1.807, 2.05) is 0 Å². The van der Waals surface area contributed by atoms with Crippen molar-refractivity contribution in [2.45, 2.75) is 37.8 Å². The summed E-state index contributed by atoms with van der Waals surface area (Å²) < 4.78 is 0. The predicted molar refractivity (Wildman–Crippen MR) is 88.1 cm³/mol. The first kappa shape index (κ1) is 22.1. The Kier molecular flexibility index (Phi) is 10.3. The molecule has 11 N–H and O–H groups in total. The highest BCUT2D eigenvalue weighted by Crippen LogP contribution is 1.97. The Morgan fingerprint density at radius 2 is 1.72 bits per heavy atom. The number of aliphatic carboxylic acids is 1. The van der Waals surface area contributed by atoms with Crippen LogP contribution >= 0.6 is 0 Å². The van der Waals surface area contributed by atoms with E-state index in [0.29, 0.717) is 19.4 Å². The second-order valence-electron chi connectivity index (χ2n) is 5.27. The van der Waals surface area contributed by atoms with Crippen LogP contribution in [-0.2, 0) is 19.2 Å². The number of hydrogen-bond acceptors (Lipinski definition) is 6. The van der Waals surface area contributed by atoms with Crippen molar-refractivity contribution in [2.75, 3.05) is 13.1 Å². The van der Waals surface area contributed by atoms with E-state index >= 15 is 0 Å². The molecule has 0 heterocycles. The Labute approximate surface area is 144 Å². The van der Waals surface area contributed by atoms with Gasteiger partial charge in [-0.15, -0.1) is 0 Å². The second kappa shape index (κ2) is 11.6. The van der Waals surface area contributed by atoms with Gasteiger partial charge in [-0.2, -0.15) is 0 Å². The lowest BCUT2D eigenvalue weighted by Gasteiger charge is -2.15. The third-order valence-electron chi connectivity index (χ3n) is 3.08. The maximum absolute atomic E-state index is 11.7. The Morgan fingerprint density at radius 3 is 2.24 bits per heavy atom. The minimum absolute atomic E-state index is 0.146. The van der Waals surface area contributed by atoms with E-state index in [-0.39, 0.29) is 18.8 Å². The molecule has 0 aromatic heterocycles. The summed E-state index contributed by atoms with van der Waals surface area (Å²) in [6.45, 7) is -0.0600. The lowest BCUT2D eigenvalue weighted by molar-refractivity contribution is -0.142. The number of primary amides is 1. The molecule has 2 atom stereocenters. The van der Waals surface area contributed by atoms with Crippen LogP contribution in [0, 0.1) is 5.41 Å². The molecule has 142 valence electrons. The Bertz CT molecular complexity index is 511. The van der Waals surface area contributed by atoms with Crippen LogP contribution in [0.1, 0.15) is 25.7 Å². The predicted octanol–water partition coefficient (Wildman–Crippen LogP) is -3.47. The van der Waals surface area contributed by atoms with Crippen molar-refractivity contribution in [1.82, 2.24) is 16.0 Å². The molecule has 3 amide bonds. The minimum atomic E-state index is -1.31. The van der Waals surface area contributed by atoms with Crippen LogP contribution in [0.25, 0.3) is 0 Å². The normalized spacial score (nSPS) is 12.5. The van der Waals surface area contributed by atoms with Crippen LogP contribution in [0.4, 0.5) is 0 Å². The average molecular weight is 359 g/mol. The number of rotatable bonds is 12. The molecule has 0 saturated heterocycles. The smallest absolute Gasteiger partial charge is 0.326 e. The van der Waals surface area contributed by atoms with Crippen molar-refractivity contribution in [2.24, 2.45) is 17.2 Å². The molecule has 0 aromatic carbocycles. The van der Waals surface area contributed by atoms with Gasteiger partial charge in [-0.25, -0.2) is 4.79 Å². The first-order valence-electron chi connectivity index (χ1n) is 7.55. The standard InChI is InChI=1S/C13H25N7O5/c14-7(2-1-5-18-13(16)17)11(23)19-6-10(22)20-8(12(24)25)3-4-9(15)21/h7-8H,1-6,14H2,(H2,15,21)(H,19,23)(H,20,22)(H,24,25)(H4,16,17,18)/t7-,8-/m0/s1. The SMILES string of the molecule is N=C(N)NCCC[C@H](N)C(=O)NCC(=O)N[C@@H](CCC(N)=O)C(=O)O. The molecule has 0 radical (unpaired) electrons. The Morgan fingerprint density at radius 1 is 1.08 bits per heavy atom. The molecule has 0 aliphatic carbocycles. The maximum Gasteiger partial charge on any atom is 0.326 e. The number of carboxylic acid groups (broad SMARTS) is 1. The van der Waals surface area contributed by atoms with E-state index in [4.69, 9.17) is 27.7 Å². The highest BCUT2D eigenvalue weighted by Gasteiger charge is 2.21. The van der Waals surface area contributed by atoms with Gasteiger partial charge in [0.05, 0.1) is 12.6 Å². The number of carbonyl (C=O) groups excluding carboxylic acids is 3. The van der Waals surface area contributed by atoms with E-state index in [1.54, 1.807) is 0 Å². The first-order valence-corrected chi connectivity index (χ1v) is 7.55. The third-order valence-corrected chi connectivity index (χ3v) is 3.08. The Hall–Kier alpha value is -2.89. The number of nitrogens with two attached hydrogens (primary N) is 3. The number of guanidine groups is 1. The van der Waals surface area contributed by atoms with E-state index in [2.05, 4.69) is 16.0 Å².